The number of carbonyl (C=O) groups is 2. The van der Waals surface area contributed by atoms with Gasteiger partial charge in [-0.2, -0.15) is 5.10 Å². The van der Waals surface area contributed by atoms with Crippen LogP contribution < -0.4 is 16.0 Å². The summed E-state index contributed by atoms with van der Waals surface area (Å²) in [6.45, 7) is 1.90. The van der Waals surface area contributed by atoms with Gasteiger partial charge in [0.15, 0.2) is 5.69 Å². The molecule has 0 saturated carbocycles. The zero-order valence-corrected chi connectivity index (χ0v) is 16.9. The molecule has 31 heavy (non-hydrogen) atoms. The highest BCUT2D eigenvalue weighted by molar-refractivity contribution is 6.03. The molecule has 0 radical (unpaired) electrons. The molecule has 3 amide bonds. The average Bonchev–Trinajstić information content (AvgIpc) is 3.18. The van der Waals surface area contributed by atoms with Gasteiger partial charge in [-0.1, -0.05) is 36.4 Å². The van der Waals surface area contributed by atoms with Gasteiger partial charge in [-0.05, 0) is 61.5 Å². The molecule has 1 aromatic heterocycles. The first kappa shape index (κ1) is 19.9. The molecule has 0 saturated heterocycles. The van der Waals surface area contributed by atoms with Crippen molar-refractivity contribution in [2.24, 2.45) is 0 Å². The van der Waals surface area contributed by atoms with E-state index in [1.807, 2.05) is 55.5 Å². The Morgan fingerprint density at radius 1 is 0.710 bits per heavy atom. The molecule has 0 unspecified atom stereocenters. The standard InChI is InChI=1S/C24H21N5O2/c1-17-16-22(28-29(17)21-10-6-3-7-11-21)23(30)25-19-12-14-20(15-13-19)27-24(31)26-18-8-4-2-5-9-18/h2-16H,1H3,(H,25,30)(H2,26,27,31). The van der Waals surface area contributed by atoms with Crippen molar-refractivity contribution in [3.05, 3.63) is 102 Å². The van der Waals surface area contributed by atoms with Crippen molar-refractivity contribution >= 4 is 29.0 Å². The zero-order valence-electron chi connectivity index (χ0n) is 16.9. The van der Waals surface area contributed by atoms with Crippen molar-refractivity contribution in [1.82, 2.24) is 9.78 Å². The number of nitrogens with zero attached hydrogens (tertiary/aromatic N) is 2. The molecule has 7 nitrogen and oxygen atoms in total. The van der Waals surface area contributed by atoms with Crippen molar-refractivity contribution in [3.8, 4) is 5.69 Å². The number of carbonyl (C=O) groups excluding carboxylic acids is 2. The fourth-order valence-corrected chi connectivity index (χ4v) is 3.06. The number of amides is 3. The smallest absolute Gasteiger partial charge is 0.321 e. The minimum Gasteiger partial charge on any atom is -0.321 e. The second-order valence-corrected chi connectivity index (χ2v) is 6.89. The second-order valence-electron chi connectivity index (χ2n) is 6.89. The molecular weight excluding hydrogens is 390 g/mol. The Kier molecular flexibility index (Phi) is 5.75. The van der Waals surface area contributed by atoms with Gasteiger partial charge in [0, 0.05) is 22.8 Å². The Hall–Kier alpha value is -4.39. The maximum absolute atomic E-state index is 12.6. The molecule has 1 heterocycles. The number of hydrogen-bond acceptors (Lipinski definition) is 3. The minimum absolute atomic E-state index is 0.305. The van der Waals surface area contributed by atoms with Crippen LogP contribution in [0, 0.1) is 6.92 Å². The maximum atomic E-state index is 12.6. The largest absolute Gasteiger partial charge is 0.323 e. The highest BCUT2D eigenvalue weighted by Crippen LogP contribution is 2.17. The normalized spacial score (nSPS) is 10.4. The summed E-state index contributed by atoms with van der Waals surface area (Å²) in [5, 5.41) is 12.7. The number of para-hydroxylation sites is 2. The van der Waals surface area contributed by atoms with Gasteiger partial charge in [-0.3, -0.25) is 4.79 Å². The molecule has 4 aromatic rings. The van der Waals surface area contributed by atoms with E-state index < -0.39 is 0 Å². The van der Waals surface area contributed by atoms with Crippen molar-refractivity contribution in [1.29, 1.82) is 0 Å². The van der Waals surface area contributed by atoms with Gasteiger partial charge in [0.1, 0.15) is 0 Å². The fraction of sp³-hybridized carbons (Fsp3) is 0.0417. The first-order chi connectivity index (χ1) is 15.1. The van der Waals surface area contributed by atoms with E-state index in [1.165, 1.54) is 0 Å². The summed E-state index contributed by atoms with van der Waals surface area (Å²) < 4.78 is 1.73. The molecule has 4 rings (SSSR count). The number of benzene rings is 3. The third kappa shape index (κ3) is 4.97. The molecule has 154 valence electrons. The first-order valence-corrected chi connectivity index (χ1v) is 9.75. The summed E-state index contributed by atoms with van der Waals surface area (Å²) in [5.74, 6) is -0.305. The number of aromatic nitrogens is 2. The van der Waals surface area contributed by atoms with E-state index in [9.17, 15) is 9.59 Å². The van der Waals surface area contributed by atoms with E-state index in [1.54, 1.807) is 47.1 Å². The van der Waals surface area contributed by atoms with Crippen molar-refractivity contribution in [3.63, 3.8) is 0 Å². The van der Waals surface area contributed by atoms with Crippen LogP contribution in [0.25, 0.3) is 5.69 Å². The lowest BCUT2D eigenvalue weighted by atomic mass is 10.2. The van der Waals surface area contributed by atoms with Crippen molar-refractivity contribution in [2.75, 3.05) is 16.0 Å². The molecule has 3 aromatic carbocycles. The van der Waals surface area contributed by atoms with Crippen LogP contribution in [0.3, 0.4) is 0 Å². The fourth-order valence-electron chi connectivity index (χ4n) is 3.06. The van der Waals surface area contributed by atoms with Crippen LogP contribution in [0.15, 0.2) is 91.0 Å². The third-order valence-corrected chi connectivity index (χ3v) is 4.55. The van der Waals surface area contributed by atoms with Crippen molar-refractivity contribution < 1.29 is 9.59 Å². The number of nitrogens with one attached hydrogen (secondary N) is 3. The van der Waals surface area contributed by atoms with Crippen molar-refractivity contribution in [2.45, 2.75) is 6.92 Å². The third-order valence-electron chi connectivity index (χ3n) is 4.55. The predicted molar refractivity (Wildman–Crippen MR) is 122 cm³/mol. The van der Waals surface area contributed by atoms with Gasteiger partial charge in [0.25, 0.3) is 5.91 Å². The van der Waals surface area contributed by atoms with E-state index in [-0.39, 0.29) is 11.9 Å². The van der Waals surface area contributed by atoms with Gasteiger partial charge in [0.2, 0.25) is 0 Å². The lowest BCUT2D eigenvalue weighted by Crippen LogP contribution is -2.19. The number of anilines is 3. The maximum Gasteiger partial charge on any atom is 0.323 e. The molecule has 0 spiro atoms. The van der Waals surface area contributed by atoms with E-state index in [4.69, 9.17) is 0 Å². The van der Waals surface area contributed by atoms with Crippen LogP contribution in [0.4, 0.5) is 21.9 Å². The van der Waals surface area contributed by atoms with E-state index >= 15 is 0 Å². The van der Waals surface area contributed by atoms with Gasteiger partial charge in [-0.15, -0.1) is 0 Å². The lowest BCUT2D eigenvalue weighted by molar-refractivity contribution is 0.102. The molecule has 0 bridgehead atoms. The topological polar surface area (TPSA) is 88.1 Å². The Balaban J connectivity index is 1.38. The van der Waals surface area contributed by atoms with Gasteiger partial charge >= 0.3 is 6.03 Å². The van der Waals surface area contributed by atoms with E-state index in [0.717, 1.165) is 11.4 Å². The Bertz CT molecular complexity index is 1190. The highest BCUT2D eigenvalue weighted by Gasteiger charge is 2.13. The number of urea groups is 1. The Labute approximate surface area is 179 Å². The summed E-state index contributed by atoms with van der Waals surface area (Å²) in [6.07, 6.45) is 0. The van der Waals surface area contributed by atoms with E-state index in [2.05, 4.69) is 21.0 Å². The summed E-state index contributed by atoms with van der Waals surface area (Å²) in [4.78, 5) is 24.7. The average molecular weight is 411 g/mol. The summed E-state index contributed by atoms with van der Waals surface area (Å²) in [5.41, 5.74) is 3.99. The summed E-state index contributed by atoms with van der Waals surface area (Å²) in [7, 11) is 0. The zero-order chi connectivity index (χ0) is 21.6. The van der Waals surface area contributed by atoms with E-state index in [0.29, 0.717) is 22.8 Å². The molecule has 0 fully saturated rings. The minimum atomic E-state index is -0.343. The SMILES string of the molecule is Cc1cc(C(=O)Nc2ccc(NC(=O)Nc3ccccc3)cc2)nn1-c1ccccc1. The van der Waals surface area contributed by atoms with Gasteiger partial charge < -0.3 is 16.0 Å². The Morgan fingerprint density at radius 3 is 1.84 bits per heavy atom. The van der Waals surface area contributed by atoms with Crippen LogP contribution in [0.5, 0.6) is 0 Å². The number of rotatable bonds is 5. The summed E-state index contributed by atoms with van der Waals surface area (Å²) >= 11 is 0. The molecule has 0 aliphatic rings. The molecule has 3 N–H and O–H groups in total. The van der Waals surface area contributed by atoms with Crippen LogP contribution in [-0.2, 0) is 0 Å². The van der Waals surface area contributed by atoms with Crippen LogP contribution >= 0.6 is 0 Å². The van der Waals surface area contributed by atoms with Crippen LogP contribution in [0.1, 0.15) is 16.2 Å². The van der Waals surface area contributed by atoms with Gasteiger partial charge in [-0.25, -0.2) is 9.48 Å². The molecule has 0 aliphatic heterocycles. The monoisotopic (exact) mass is 411 g/mol. The molecule has 0 aliphatic carbocycles. The van der Waals surface area contributed by atoms with Crippen LogP contribution in [0.2, 0.25) is 0 Å². The molecular formula is C24H21N5O2. The lowest BCUT2D eigenvalue weighted by Gasteiger charge is -2.09. The van der Waals surface area contributed by atoms with Crippen LogP contribution in [-0.4, -0.2) is 21.7 Å². The quantitative estimate of drug-likeness (QED) is 0.428. The Morgan fingerprint density at radius 2 is 1.23 bits per heavy atom. The predicted octanol–water partition coefficient (Wildman–Crippen LogP) is 5.08. The number of hydrogen-bond donors (Lipinski definition) is 3. The van der Waals surface area contributed by atoms with Gasteiger partial charge in [0.05, 0.1) is 5.69 Å². The highest BCUT2D eigenvalue weighted by atomic mass is 16.2. The number of aryl methyl sites for hydroxylation is 1. The molecule has 0 atom stereocenters. The molecule has 7 heteroatoms. The second kappa shape index (κ2) is 8.96. The first-order valence-electron chi connectivity index (χ1n) is 9.75. The summed E-state index contributed by atoms with van der Waals surface area (Å²) in [6, 6.07) is 27.1.